The number of rotatable bonds is 53. The topological polar surface area (TPSA) is 89.8 Å². The molecule has 0 spiro atoms. The Morgan fingerprint density at radius 3 is 0.935 bits per heavy atom. The number of aliphatic hydroxyl groups is 3. The summed E-state index contributed by atoms with van der Waals surface area (Å²) in [7, 11) is 0. The van der Waals surface area contributed by atoms with E-state index < -0.39 is 18.2 Å². The Kier molecular flexibility index (Phi) is 51.9. The maximum absolute atomic E-state index is 12.5. The largest absolute Gasteiger partial charge is 0.394 e. The normalized spacial score (nSPS) is 13.3. The van der Waals surface area contributed by atoms with E-state index in [4.69, 9.17) is 0 Å². The van der Waals surface area contributed by atoms with E-state index in [1.807, 2.05) is 0 Å². The predicted octanol–water partition coefficient (Wildman–Crippen LogP) is 17.5. The summed E-state index contributed by atoms with van der Waals surface area (Å²) in [6.07, 6.45) is 65.2. The van der Waals surface area contributed by atoms with Crippen molar-refractivity contribution in [2.24, 2.45) is 0 Å². The van der Waals surface area contributed by atoms with Crippen LogP contribution in [0.2, 0.25) is 0 Å². The first-order valence-corrected chi connectivity index (χ1v) is 28.5. The summed E-state index contributed by atoms with van der Waals surface area (Å²) in [5.74, 6) is -0.278. The lowest BCUT2D eigenvalue weighted by molar-refractivity contribution is -0.125. The molecule has 0 aliphatic carbocycles. The van der Waals surface area contributed by atoms with Gasteiger partial charge in [0.1, 0.15) is 0 Å². The van der Waals surface area contributed by atoms with Crippen LogP contribution in [-0.2, 0) is 4.79 Å². The fourth-order valence-electron chi connectivity index (χ4n) is 9.23. The van der Waals surface area contributed by atoms with Gasteiger partial charge in [0.2, 0.25) is 5.91 Å². The van der Waals surface area contributed by atoms with E-state index in [1.54, 1.807) is 0 Å². The lowest BCUT2D eigenvalue weighted by Gasteiger charge is -2.23. The molecular formula is C57H113NO4. The molecule has 5 nitrogen and oxygen atoms in total. The highest BCUT2D eigenvalue weighted by Gasteiger charge is 2.21. The molecule has 5 heteroatoms. The van der Waals surface area contributed by atoms with Crippen molar-refractivity contribution in [1.82, 2.24) is 5.32 Å². The lowest BCUT2D eigenvalue weighted by Crippen LogP contribution is -2.46. The number of amides is 1. The van der Waals surface area contributed by atoms with Gasteiger partial charge in [0.25, 0.3) is 0 Å². The highest BCUT2D eigenvalue weighted by molar-refractivity contribution is 5.76. The van der Waals surface area contributed by atoms with Crippen molar-refractivity contribution in [3.8, 4) is 0 Å². The molecule has 0 aromatic rings. The summed E-state index contributed by atoms with van der Waals surface area (Å²) in [6, 6.07) is -0.655. The third kappa shape index (κ3) is 48.5. The first-order valence-electron chi connectivity index (χ1n) is 28.5. The molecule has 0 heterocycles. The molecular weight excluding hydrogens is 763 g/mol. The summed E-state index contributed by atoms with van der Waals surface area (Å²) < 4.78 is 0. The third-order valence-electron chi connectivity index (χ3n) is 13.6. The lowest BCUT2D eigenvalue weighted by atomic mass is 10.0. The standard InChI is InChI=1S/C57H113NO4/c1-3-5-7-9-11-13-15-17-19-20-21-22-23-24-25-26-27-28-29-30-31-32-33-34-35-36-37-38-40-42-44-46-48-50-54(60)52-57(62)58-55(53-59)56(61)51-49-47-45-43-41-39-18-16-14-12-10-8-6-4-2/h26-27,54-56,59-61H,3-25,28-53H2,1-2H3,(H,58,62)/b27-26-. The number of hydrogen-bond donors (Lipinski definition) is 4. The molecule has 0 saturated carbocycles. The Morgan fingerprint density at radius 1 is 0.387 bits per heavy atom. The summed E-state index contributed by atoms with van der Waals surface area (Å²) in [5.41, 5.74) is 0. The monoisotopic (exact) mass is 876 g/mol. The number of aliphatic hydroxyl groups excluding tert-OH is 3. The first kappa shape index (κ1) is 61.1. The van der Waals surface area contributed by atoms with E-state index in [0.29, 0.717) is 12.8 Å². The van der Waals surface area contributed by atoms with Gasteiger partial charge in [-0.25, -0.2) is 0 Å². The summed E-state index contributed by atoms with van der Waals surface area (Å²) in [5, 5.41) is 33.5. The molecule has 0 aliphatic heterocycles. The number of nitrogens with one attached hydrogen (secondary N) is 1. The van der Waals surface area contributed by atoms with Crippen LogP contribution in [0.4, 0.5) is 0 Å². The van der Waals surface area contributed by atoms with Gasteiger partial charge < -0.3 is 20.6 Å². The molecule has 0 saturated heterocycles. The zero-order chi connectivity index (χ0) is 45.1. The summed E-state index contributed by atoms with van der Waals surface area (Å²) >= 11 is 0. The second kappa shape index (κ2) is 52.7. The molecule has 62 heavy (non-hydrogen) atoms. The van der Waals surface area contributed by atoms with Gasteiger partial charge in [0.05, 0.1) is 31.3 Å². The molecule has 3 atom stereocenters. The average Bonchev–Trinajstić information content (AvgIpc) is 3.27. The fourth-order valence-corrected chi connectivity index (χ4v) is 9.23. The maximum Gasteiger partial charge on any atom is 0.222 e. The van der Waals surface area contributed by atoms with Crippen molar-refractivity contribution in [2.45, 2.75) is 340 Å². The Bertz CT molecular complexity index is 879. The average molecular weight is 877 g/mol. The number of allylic oxidation sites excluding steroid dienone is 2. The quantitative estimate of drug-likeness (QED) is 0.0362. The van der Waals surface area contributed by atoms with Crippen molar-refractivity contribution in [1.29, 1.82) is 0 Å². The van der Waals surface area contributed by atoms with Gasteiger partial charge in [0.15, 0.2) is 0 Å². The zero-order valence-electron chi connectivity index (χ0n) is 42.3. The van der Waals surface area contributed by atoms with Crippen molar-refractivity contribution in [3.05, 3.63) is 12.2 Å². The van der Waals surface area contributed by atoms with Crippen LogP contribution >= 0.6 is 0 Å². The van der Waals surface area contributed by atoms with Crippen molar-refractivity contribution < 1.29 is 20.1 Å². The second-order valence-electron chi connectivity index (χ2n) is 19.9. The zero-order valence-corrected chi connectivity index (χ0v) is 42.3. The van der Waals surface area contributed by atoms with Crippen LogP contribution in [-0.4, -0.2) is 46.1 Å². The summed E-state index contributed by atoms with van der Waals surface area (Å²) in [6.45, 7) is 4.29. The minimum atomic E-state index is -0.746. The highest BCUT2D eigenvalue weighted by Crippen LogP contribution is 2.18. The highest BCUT2D eigenvalue weighted by atomic mass is 16.3. The molecule has 0 aromatic heterocycles. The molecule has 0 aliphatic rings. The Labute approximate surface area is 389 Å². The molecule has 1 amide bonds. The van der Waals surface area contributed by atoms with Gasteiger partial charge in [-0.2, -0.15) is 0 Å². The Morgan fingerprint density at radius 2 is 0.645 bits per heavy atom. The van der Waals surface area contributed by atoms with Gasteiger partial charge in [-0.1, -0.05) is 289 Å². The molecule has 0 aromatic carbocycles. The smallest absolute Gasteiger partial charge is 0.222 e. The van der Waals surface area contributed by atoms with Gasteiger partial charge in [-0.3, -0.25) is 4.79 Å². The van der Waals surface area contributed by atoms with Crippen LogP contribution < -0.4 is 5.32 Å². The molecule has 0 fully saturated rings. The summed E-state index contributed by atoms with van der Waals surface area (Å²) in [4.78, 5) is 12.5. The van der Waals surface area contributed by atoms with Gasteiger partial charge in [-0.15, -0.1) is 0 Å². The predicted molar refractivity (Wildman–Crippen MR) is 273 cm³/mol. The maximum atomic E-state index is 12.5. The van der Waals surface area contributed by atoms with E-state index in [-0.39, 0.29) is 18.9 Å². The SMILES string of the molecule is CCCCCCCCCCCCCCCC/C=C\CCCCCCCCCCCCCCCCCC(O)CC(=O)NC(CO)C(O)CCCCCCCCCCCCCCCC. The van der Waals surface area contributed by atoms with E-state index in [0.717, 1.165) is 25.7 Å². The molecule has 0 rings (SSSR count). The van der Waals surface area contributed by atoms with Crippen LogP contribution in [0.5, 0.6) is 0 Å². The second-order valence-corrected chi connectivity index (χ2v) is 19.9. The minimum absolute atomic E-state index is 0.0410. The van der Waals surface area contributed by atoms with Gasteiger partial charge >= 0.3 is 0 Å². The van der Waals surface area contributed by atoms with Crippen LogP contribution in [0.3, 0.4) is 0 Å². The van der Waals surface area contributed by atoms with Crippen LogP contribution in [0.15, 0.2) is 12.2 Å². The molecule has 4 N–H and O–H groups in total. The Hall–Kier alpha value is -0.910. The number of hydrogen-bond acceptors (Lipinski definition) is 4. The number of carbonyl (C=O) groups excluding carboxylic acids is 1. The molecule has 3 unspecified atom stereocenters. The molecule has 370 valence electrons. The van der Waals surface area contributed by atoms with Crippen LogP contribution in [0.25, 0.3) is 0 Å². The van der Waals surface area contributed by atoms with Crippen molar-refractivity contribution in [3.63, 3.8) is 0 Å². The molecule has 0 radical (unpaired) electrons. The fraction of sp³-hybridized carbons (Fsp3) is 0.947. The minimum Gasteiger partial charge on any atom is -0.394 e. The van der Waals surface area contributed by atoms with E-state index in [1.165, 1.54) is 263 Å². The van der Waals surface area contributed by atoms with E-state index in [9.17, 15) is 20.1 Å². The first-order chi connectivity index (χ1) is 30.5. The van der Waals surface area contributed by atoms with E-state index >= 15 is 0 Å². The third-order valence-corrected chi connectivity index (χ3v) is 13.6. The molecule has 0 bridgehead atoms. The van der Waals surface area contributed by atoms with Gasteiger partial charge in [0, 0.05) is 0 Å². The van der Waals surface area contributed by atoms with Crippen molar-refractivity contribution >= 4 is 5.91 Å². The van der Waals surface area contributed by atoms with Gasteiger partial charge in [-0.05, 0) is 38.5 Å². The van der Waals surface area contributed by atoms with Crippen molar-refractivity contribution in [2.75, 3.05) is 6.61 Å². The van der Waals surface area contributed by atoms with Crippen LogP contribution in [0.1, 0.15) is 322 Å². The Balaban J connectivity index is 3.45. The van der Waals surface area contributed by atoms with E-state index in [2.05, 4.69) is 31.3 Å². The number of unbranched alkanes of at least 4 members (excludes halogenated alkanes) is 42. The number of carbonyl (C=O) groups is 1. The van der Waals surface area contributed by atoms with Crippen LogP contribution in [0, 0.1) is 0 Å².